The maximum atomic E-state index is 13.1. The van der Waals surface area contributed by atoms with Gasteiger partial charge in [-0.05, 0) is 30.2 Å². The summed E-state index contributed by atoms with van der Waals surface area (Å²) in [6.07, 6.45) is 1.61. The number of thioether (sulfide) groups is 1. The van der Waals surface area contributed by atoms with Gasteiger partial charge in [0.2, 0.25) is 5.13 Å². The largest absolute Gasteiger partial charge is 0.276 e. The minimum atomic E-state index is -0.583. The van der Waals surface area contributed by atoms with E-state index in [1.54, 1.807) is 12.3 Å². The van der Waals surface area contributed by atoms with Crippen molar-refractivity contribution < 1.29 is 0 Å². The molecule has 0 aliphatic carbocycles. The lowest BCUT2D eigenvalue weighted by Gasteiger charge is -2.09. The molecule has 0 fully saturated rings. The van der Waals surface area contributed by atoms with Crippen LogP contribution in [-0.4, -0.2) is 24.1 Å². The van der Waals surface area contributed by atoms with Crippen LogP contribution in [0.5, 0.6) is 0 Å². The number of pyridine rings is 2. The second-order valence-electron chi connectivity index (χ2n) is 6.97. The molecular formula is C22H14N6O2S2. The Morgan fingerprint density at radius 2 is 1.88 bits per heavy atom. The molecule has 0 atom stereocenters. The standard InChI is InChI=1S/C22H14N6O2S2/c1-13-6-5-9-27-17(13)24-18-16(20(27)30)10-15(11-23)19(29)28(18)21-25-26-22(32-21)31-12-14-7-3-2-4-8-14/h2-10H,12H2,1H3. The number of nitrogens with zero attached hydrogens (tertiary/aromatic N) is 6. The fourth-order valence-corrected chi connectivity index (χ4v) is 5.15. The van der Waals surface area contributed by atoms with Crippen molar-refractivity contribution in [2.24, 2.45) is 0 Å². The molecule has 1 aromatic carbocycles. The number of aromatic nitrogens is 5. The third kappa shape index (κ3) is 3.37. The van der Waals surface area contributed by atoms with E-state index in [-0.39, 0.29) is 27.3 Å². The highest BCUT2D eigenvalue weighted by atomic mass is 32.2. The molecule has 0 unspecified atom stereocenters. The van der Waals surface area contributed by atoms with Gasteiger partial charge in [-0.1, -0.05) is 59.5 Å². The van der Waals surface area contributed by atoms with Crippen molar-refractivity contribution in [3.05, 3.63) is 92.1 Å². The van der Waals surface area contributed by atoms with Crippen LogP contribution in [0.25, 0.3) is 21.8 Å². The van der Waals surface area contributed by atoms with Crippen LogP contribution in [0.2, 0.25) is 0 Å². The molecule has 5 aromatic rings. The summed E-state index contributed by atoms with van der Waals surface area (Å²) in [6.45, 7) is 1.84. The van der Waals surface area contributed by atoms with Gasteiger partial charge in [-0.3, -0.25) is 14.0 Å². The molecule has 10 heteroatoms. The Morgan fingerprint density at radius 3 is 2.66 bits per heavy atom. The summed E-state index contributed by atoms with van der Waals surface area (Å²) in [5.74, 6) is 0.701. The summed E-state index contributed by atoms with van der Waals surface area (Å²) in [5.41, 5.74) is 1.42. The second kappa shape index (κ2) is 8.03. The van der Waals surface area contributed by atoms with E-state index >= 15 is 0 Å². The van der Waals surface area contributed by atoms with Gasteiger partial charge in [0.25, 0.3) is 11.1 Å². The van der Waals surface area contributed by atoms with Gasteiger partial charge in [-0.2, -0.15) is 5.26 Å². The van der Waals surface area contributed by atoms with Crippen LogP contribution < -0.4 is 11.1 Å². The summed E-state index contributed by atoms with van der Waals surface area (Å²) >= 11 is 2.71. The number of benzene rings is 1. The summed E-state index contributed by atoms with van der Waals surface area (Å²) in [6, 6.07) is 16.7. The van der Waals surface area contributed by atoms with Gasteiger partial charge in [0.05, 0.1) is 5.39 Å². The lowest BCUT2D eigenvalue weighted by Crippen LogP contribution is -2.26. The first-order chi connectivity index (χ1) is 15.6. The summed E-state index contributed by atoms with van der Waals surface area (Å²) in [7, 11) is 0. The smallest absolute Gasteiger partial charge is 0.268 e. The van der Waals surface area contributed by atoms with Crippen molar-refractivity contribution in [1.29, 1.82) is 5.26 Å². The maximum Gasteiger partial charge on any atom is 0.276 e. The minimum absolute atomic E-state index is 0.155. The minimum Gasteiger partial charge on any atom is -0.268 e. The van der Waals surface area contributed by atoms with Crippen molar-refractivity contribution in [3.8, 4) is 11.2 Å². The van der Waals surface area contributed by atoms with Crippen LogP contribution in [0.3, 0.4) is 0 Å². The summed E-state index contributed by atoms with van der Waals surface area (Å²) in [5, 5.41) is 18.3. The molecule has 4 aromatic heterocycles. The molecule has 5 rings (SSSR count). The topological polar surface area (TPSA) is 106 Å². The molecule has 32 heavy (non-hydrogen) atoms. The fourth-order valence-electron chi connectivity index (χ4n) is 3.35. The van der Waals surface area contributed by atoms with Gasteiger partial charge in [-0.15, -0.1) is 10.2 Å². The van der Waals surface area contributed by atoms with Crippen LogP contribution in [0.15, 0.2) is 68.7 Å². The van der Waals surface area contributed by atoms with Gasteiger partial charge < -0.3 is 0 Å². The fraction of sp³-hybridized carbons (Fsp3) is 0.0909. The van der Waals surface area contributed by atoms with Crippen molar-refractivity contribution in [2.45, 2.75) is 17.0 Å². The number of aryl methyl sites for hydroxylation is 1. The second-order valence-corrected chi connectivity index (χ2v) is 9.15. The number of hydrogen-bond donors (Lipinski definition) is 0. The quantitative estimate of drug-likeness (QED) is 0.300. The van der Waals surface area contributed by atoms with E-state index in [0.29, 0.717) is 15.7 Å². The Labute approximate surface area is 189 Å². The first-order valence-corrected chi connectivity index (χ1v) is 11.4. The van der Waals surface area contributed by atoms with Crippen molar-refractivity contribution >= 4 is 39.8 Å². The molecule has 4 heterocycles. The highest BCUT2D eigenvalue weighted by Crippen LogP contribution is 2.28. The Kier molecular flexibility index (Phi) is 5.05. The van der Waals surface area contributed by atoms with E-state index < -0.39 is 5.56 Å². The molecule has 156 valence electrons. The third-order valence-corrected chi connectivity index (χ3v) is 7.02. The summed E-state index contributed by atoms with van der Waals surface area (Å²) < 4.78 is 3.29. The van der Waals surface area contributed by atoms with Crippen LogP contribution in [0, 0.1) is 18.3 Å². The highest BCUT2D eigenvalue weighted by molar-refractivity contribution is 8.00. The average molecular weight is 459 g/mol. The maximum absolute atomic E-state index is 13.1. The zero-order valence-corrected chi connectivity index (χ0v) is 18.4. The first-order valence-electron chi connectivity index (χ1n) is 9.55. The SMILES string of the molecule is Cc1cccn2c(=O)c3cc(C#N)c(=O)n(-c4nnc(SCc5ccccc5)s4)c3nc12. The van der Waals surface area contributed by atoms with Crippen LogP contribution in [-0.2, 0) is 5.75 Å². The molecule has 8 nitrogen and oxygen atoms in total. The third-order valence-electron chi connectivity index (χ3n) is 4.91. The molecule has 0 bridgehead atoms. The molecule has 0 aliphatic rings. The Hall–Kier alpha value is -3.81. The molecule has 0 radical (unpaired) electrons. The average Bonchev–Trinajstić information content (AvgIpc) is 3.27. The van der Waals surface area contributed by atoms with Crippen molar-refractivity contribution in [3.63, 3.8) is 0 Å². The lowest BCUT2D eigenvalue weighted by molar-refractivity contribution is 0.913. The Balaban J connectivity index is 1.69. The predicted octanol–water partition coefficient (Wildman–Crippen LogP) is 3.32. The lowest BCUT2D eigenvalue weighted by atomic mass is 10.2. The first kappa shape index (κ1) is 20.1. The summed E-state index contributed by atoms with van der Waals surface area (Å²) in [4.78, 5) is 30.8. The number of nitriles is 1. The number of rotatable bonds is 4. The molecule has 0 N–H and O–H groups in total. The van der Waals surface area contributed by atoms with Gasteiger partial charge >= 0.3 is 0 Å². The number of hydrogen-bond acceptors (Lipinski definition) is 8. The van der Waals surface area contributed by atoms with E-state index in [4.69, 9.17) is 0 Å². The van der Waals surface area contributed by atoms with Crippen molar-refractivity contribution in [2.75, 3.05) is 0 Å². The van der Waals surface area contributed by atoms with Gasteiger partial charge in [-0.25, -0.2) is 9.55 Å². The predicted molar refractivity (Wildman–Crippen MR) is 123 cm³/mol. The van der Waals surface area contributed by atoms with Crippen LogP contribution in [0.4, 0.5) is 0 Å². The molecular weight excluding hydrogens is 444 g/mol. The molecule has 0 aliphatic heterocycles. The zero-order chi connectivity index (χ0) is 22.2. The molecule has 0 amide bonds. The molecule has 0 spiro atoms. The highest BCUT2D eigenvalue weighted by Gasteiger charge is 2.19. The van der Waals surface area contributed by atoms with E-state index in [9.17, 15) is 14.9 Å². The van der Waals surface area contributed by atoms with Gasteiger partial charge in [0, 0.05) is 11.9 Å². The van der Waals surface area contributed by atoms with Crippen LogP contribution in [0.1, 0.15) is 16.7 Å². The van der Waals surface area contributed by atoms with Gasteiger partial charge in [0.1, 0.15) is 17.3 Å². The van der Waals surface area contributed by atoms with E-state index in [2.05, 4.69) is 15.2 Å². The monoisotopic (exact) mass is 458 g/mol. The Bertz CT molecular complexity index is 1650. The Morgan fingerprint density at radius 1 is 1.06 bits per heavy atom. The van der Waals surface area contributed by atoms with Crippen LogP contribution >= 0.6 is 23.1 Å². The number of fused-ring (bicyclic) bond motifs is 2. The van der Waals surface area contributed by atoms with E-state index in [1.807, 2.05) is 49.4 Å². The molecule has 0 saturated heterocycles. The van der Waals surface area contributed by atoms with E-state index in [0.717, 1.165) is 11.1 Å². The normalized spacial score (nSPS) is 11.1. The van der Waals surface area contributed by atoms with Gasteiger partial charge in [0.15, 0.2) is 9.99 Å². The van der Waals surface area contributed by atoms with Crippen molar-refractivity contribution in [1.82, 2.24) is 24.1 Å². The zero-order valence-electron chi connectivity index (χ0n) is 16.7. The van der Waals surface area contributed by atoms with E-state index in [1.165, 1.54) is 38.1 Å². The molecule has 0 saturated carbocycles.